The number of carboxylic acid groups (broad SMARTS) is 3. The van der Waals surface area contributed by atoms with E-state index in [1.807, 2.05) is 7.05 Å². The lowest BCUT2D eigenvalue weighted by Gasteiger charge is -2.27. The van der Waals surface area contributed by atoms with Crippen LogP contribution in [0.1, 0.15) is 36.0 Å². The van der Waals surface area contributed by atoms with Crippen LogP contribution >= 0.6 is 0 Å². The molecular weight excluding hydrogens is 521 g/mol. The second-order valence-electron chi connectivity index (χ2n) is 8.25. The molecule has 0 radical (unpaired) electrons. The number of alkyl halides is 3. The lowest BCUT2D eigenvalue weighted by atomic mass is 9.81. The van der Waals surface area contributed by atoms with E-state index in [1.165, 1.54) is 18.2 Å². The van der Waals surface area contributed by atoms with Gasteiger partial charge < -0.3 is 35.4 Å². The molecule has 38 heavy (non-hydrogen) atoms. The molecule has 0 aromatic heterocycles. The topological polar surface area (TPSA) is 189 Å². The predicted molar refractivity (Wildman–Crippen MR) is 123 cm³/mol. The molecule has 1 aromatic rings. The second kappa shape index (κ2) is 15.4. The predicted octanol–water partition coefficient (Wildman–Crippen LogP) is 1.57. The van der Waals surface area contributed by atoms with Gasteiger partial charge in [0.05, 0.1) is 6.54 Å². The van der Waals surface area contributed by atoms with Crippen LogP contribution in [0.15, 0.2) is 18.2 Å². The number of Topliss-reactive ketones (excluding diaryl/α,β-unsaturated/α-hetero) is 1. The molecule has 1 aliphatic carbocycles. The highest BCUT2D eigenvalue weighted by Gasteiger charge is 2.38. The number of nitrogens with one attached hydrogen (secondary N) is 2. The summed E-state index contributed by atoms with van der Waals surface area (Å²) in [5, 5.41) is 30.5. The molecule has 0 aliphatic heterocycles. The van der Waals surface area contributed by atoms with E-state index in [2.05, 4.69) is 10.6 Å². The molecule has 0 spiro atoms. The highest BCUT2D eigenvalue weighted by atomic mass is 19.4. The molecule has 5 N–H and O–H groups in total. The molecule has 0 atom stereocenters. The lowest BCUT2D eigenvalue weighted by molar-refractivity contribution is -0.192. The number of hydrogen-bond donors (Lipinski definition) is 5. The summed E-state index contributed by atoms with van der Waals surface area (Å²) in [5.74, 6) is -5.35. The van der Waals surface area contributed by atoms with Crippen LogP contribution < -0.4 is 20.1 Å². The third-order valence-electron chi connectivity index (χ3n) is 5.34. The van der Waals surface area contributed by atoms with Crippen molar-refractivity contribution in [2.75, 3.05) is 33.4 Å². The van der Waals surface area contributed by atoms with E-state index >= 15 is 0 Å². The fourth-order valence-electron chi connectivity index (χ4n) is 3.52. The second-order valence-corrected chi connectivity index (χ2v) is 8.25. The first-order valence-electron chi connectivity index (χ1n) is 11.3. The van der Waals surface area contributed by atoms with E-state index in [-0.39, 0.29) is 41.2 Å². The number of benzene rings is 1. The minimum atomic E-state index is -5.08. The summed E-state index contributed by atoms with van der Waals surface area (Å²) >= 11 is 0. The Balaban J connectivity index is 0.000000905. The van der Waals surface area contributed by atoms with Crippen LogP contribution in [0.4, 0.5) is 13.2 Å². The van der Waals surface area contributed by atoms with Gasteiger partial charge in [-0.2, -0.15) is 13.2 Å². The van der Waals surface area contributed by atoms with Crippen LogP contribution in [0.2, 0.25) is 0 Å². The Labute approximate surface area is 215 Å². The van der Waals surface area contributed by atoms with Gasteiger partial charge >= 0.3 is 24.1 Å². The summed E-state index contributed by atoms with van der Waals surface area (Å²) in [6, 6.07) is 4.01. The molecule has 1 aromatic carbocycles. The van der Waals surface area contributed by atoms with Crippen molar-refractivity contribution in [3.05, 3.63) is 23.8 Å². The van der Waals surface area contributed by atoms with E-state index in [0.29, 0.717) is 5.92 Å². The number of rotatable bonds is 12. The molecule has 0 unspecified atom stereocenters. The summed E-state index contributed by atoms with van der Waals surface area (Å²) in [5.41, 5.74) is 0.182. The Morgan fingerprint density at radius 2 is 1.45 bits per heavy atom. The quantitative estimate of drug-likeness (QED) is 0.238. The molecule has 2 rings (SSSR count). The van der Waals surface area contributed by atoms with Gasteiger partial charge in [0.1, 0.15) is 0 Å². The molecule has 1 fully saturated rings. The minimum absolute atomic E-state index is 0.00237. The van der Waals surface area contributed by atoms with Crippen molar-refractivity contribution < 1.29 is 61.9 Å². The minimum Gasteiger partial charge on any atom is -0.479 e. The number of ether oxygens (including phenoxy) is 2. The smallest absolute Gasteiger partial charge is 0.479 e. The van der Waals surface area contributed by atoms with E-state index in [4.69, 9.17) is 29.6 Å². The number of amides is 1. The Morgan fingerprint density at radius 1 is 0.921 bits per heavy atom. The highest BCUT2D eigenvalue weighted by Crippen LogP contribution is 2.30. The number of halogens is 3. The van der Waals surface area contributed by atoms with E-state index < -0.39 is 37.3 Å². The average Bonchev–Trinajstić information content (AvgIpc) is 2.85. The fraction of sp³-hybridized carbons (Fsp3) is 0.522. The van der Waals surface area contributed by atoms with Gasteiger partial charge in [0.2, 0.25) is 5.91 Å². The van der Waals surface area contributed by atoms with E-state index in [0.717, 1.165) is 32.2 Å². The first-order chi connectivity index (χ1) is 17.7. The zero-order valence-corrected chi connectivity index (χ0v) is 20.4. The zero-order valence-electron chi connectivity index (χ0n) is 20.4. The summed E-state index contributed by atoms with van der Waals surface area (Å²) in [4.78, 5) is 55.3. The van der Waals surface area contributed by atoms with E-state index in [9.17, 15) is 32.3 Å². The largest absolute Gasteiger partial charge is 0.490 e. The molecule has 1 aliphatic rings. The van der Waals surface area contributed by atoms with Gasteiger partial charge in [-0.3, -0.25) is 9.59 Å². The molecular formula is C23H29F3N2O10. The van der Waals surface area contributed by atoms with Gasteiger partial charge in [-0.1, -0.05) is 0 Å². The summed E-state index contributed by atoms with van der Waals surface area (Å²) < 4.78 is 41.9. The maximum atomic E-state index is 12.5. The Bertz CT molecular complexity index is 992. The SMILES string of the molecule is CNCC1CCC(C(=O)NCC(=O)c2ccc(OCC(=O)O)c(OCC(=O)O)c2)CC1.O=C(O)C(F)(F)F. The number of hydrogen-bond acceptors (Lipinski definition) is 8. The van der Waals surface area contributed by atoms with Crippen LogP contribution in [0.25, 0.3) is 0 Å². The average molecular weight is 550 g/mol. The maximum Gasteiger partial charge on any atom is 0.490 e. The molecule has 15 heteroatoms. The summed E-state index contributed by atoms with van der Waals surface area (Å²) in [6.45, 7) is -0.606. The molecule has 0 saturated heterocycles. The molecule has 12 nitrogen and oxygen atoms in total. The molecule has 0 bridgehead atoms. The molecule has 1 saturated carbocycles. The first kappa shape index (κ1) is 32.1. The third kappa shape index (κ3) is 11.9. The van der Waals surface area contributed by atoms with Crippen LogP contribution in [0.3, 0.4) is 0 Å². The summed E-state index contributed by atoms with van der Waals surface area (Å²) in [7, 11) is 1.91. The number of carbonyl (C=O) groups is 5. The Kier molecular flexibility index (Phi) is 13.0. The van der Waals surface area contributed by atoms with Crippen LogP contribution in [-0.4, -0.2) is 84.4 Å². The summed E-state index contributed by atoms with van der Waals surface area (Å²) in [6.07, 6.45) is -1.58. The molecule has 212 valence electrons. The number of carboxylic acids is 3. The molecule has 0 heterocycles. The van der Waals surface area contributed by atoms with Gasteiger partial charge in [0, 0.05) is 11.5 Å². The Morgan fingerprint density at radius 3 is 1.92 bits per heavy atom. The van der Waals surface area contributed by atoms with Crippen molar-refractivity contribution in [2.45, 2.75) is 31.9 Å². The van der Waals surface area contributed by atoms with Crippen LogP contribution in [0, 0.1) is 11.8 Å². The normalized spacial score (nSPS) is 16.8. The first-order valence-corrected chi connectivity index (χ1v) is 11.3. The Hall–Kier alpha value is -3.88. The van der Waals surface area contributed by atoms with Crippen molar-refractivity contribution in [1.29, 1.82) is 0 Å². The van der Waals surface area contributed by atoms with Gasteiger partial charge in [-0.25, -0.2) is 14.4 Å². The standard InChI is InChI=1S/C21H28N2O8.C2HF3O2/c1-22-9-13-2-4-14(5-3-13)21(29)23-10-16(24)15-6-7-17(30-11-19(25)26)18(8-15)31-12-20(27)28;3-2(4,5)1(6)7/h6-8,13-14,22H,2-5,9-12H2,1H3,(H,23,29)(H,25,26)(H,27,28);(H,6,7). The van der Waals surface area contributed by atoms with Gasteiger partial charge in [-0.05, 0) is 63.4 Å². The molecule has 1 amide bonds. The highest BCUT2D eigenvalue weighted by molar-refractivity contribution is 6.00. The van der Waals surface area contributed by atoms with Crippen molar-refractivity contribution in [3.63, 3.8) is 0 Å². The maximum absolute atomic E-state index is 12.5. The van der Waals surface area contributed by atoms with Crippen molar-refractivity contribution in [3.8, 4) is 11.5 Å². The fourth-order valence-corrected chi connectivity index (χ4v) is 3.52. The zero-order chi connectivity index (χ0) is 28.9. The monoisotopic (exact) mass is 550 g/mol. The van der Waals surface area contributed by atoms with E-state index in [1.54, 1.807) is 0 Å². The van der Waals surface area contributed by atoms with Gasteiger partial charge in [0.25, 0.3) is 0 Å². The lowest BCUT2D eigenvalue weighted by Crippen LogP contribution is -2.37. The third-order valence-corrected chi connectivity index (χ3v) is 5.34. The van der Waals surface area contributed by atoms with Gasteiger partial charge in [0.15, 0.2) is 30.5 Å². The number of ketones is 1. The van der Waals surface area contributed by atoms with Crippen LogP contribution in [-0.2, 0) is 19.2 Å². The van der Waals surface area contributed by atoms with Crippen molar-refractivity contribution in [2.24, 2.45) is 11.8 Å². The van der Waals surface area contributed by atoms with Gasteiger partial charge in [-0.15, -0.1) is 0 Å². The van der Waals surface area contributed by atoms with Crippen molar-refractivity contribution in [1.82, 2.24) is 10.6 Å². The van der Waals surface area contributed by atoms with Crippen molar-refractivity contribution >= 4 is 29.6 Å². The number of carbonyl (C=O) groups excluding carboxylic acids is 2. The number of aliphatic carboxylic acids is 3. The van der Waals surface area contributed by atoms with Crippen LogP contribution in [0.5, 0.6) is 11.5 Å².